The highest BCUT2D eigenvalue weighted by atomic mass is 16.5. The van der Waals surface area contributed by atoms with Gasteiger partial charge in [0.2, 0.25) is 0 Å². The average Bonchev–Trinajstić information content (AvgIpc) is 2.35. The summed E-state index contributed by atoms with van der Waals surface area (Å²) >= 11 is 0. The quantitative estimate of drug-likeness (QED) is 0.684. The molecule has 100 valence electrons. The number of carbonyl (C=O) groups is 1. The van der Waals surface area contributed by atoms with Gasteiger partial charge in [-0.2, -0.15) is 0 Å². The van der Waals surface area contributed by atoms with Gasteiger partial charge in [-0.15, -0.1) is 0 Å². The lowest BCUT2D eigenvalue weighted by atomic mass is 10.1. The van der Waals surface area contributed by atoms with Crippen LogP contribution in [0, 0.1) is 0 Å². The van der Waals surface area contributed by atoms with Crippen LogP contribution in [-0.4, -0.2) is 30.8 Å². The minimum absolute atomic E-state index is 0.0379. The van der Waals surface area contributed by atoms with Crippen LogP contribution >= 0.6 is 0 Å². The Hall–Kier alpha value is -1.75. The summed E-state index contributed by atoms with van der Waals surface area (Å²) in [4.78, 5) is 10.5. The normalized spacial score (nSPS) is 11.9. The van der Waals surface area contributed by atoms with Gasteiger partial charge in [0.1, 0.15) is 5.75 Å². The maximum absolute atomic E-state index is 10.5. The van der Waals surface area contributed by atoms with Crippen LogP contribution in [0.5, 0.6) is 5.75 Å². The third kappa shape index (κ3) is 4.25. The zero-order valence-corrected chi connectivity index (χ0v) is 10.8. The Morgan fingerprint density at radius 2 is 2.28 bits per heavy atom. The molecule has 0 aliphatic carbocycles. The van der Waals surface area contributed by atoms with Crippen LogP contribution in [0.15, 0.2) is 18.2 Å². The Morgan fingerprint density at radius 3 is 2.83 bits per heavy atom. The smallest absolute Gasteiger partial charge is 0.304 e. The number of hydrogen-bond donors (Lipinski definition) is 3. The lowest BCUT2D eigenvalue weighted by Gasteiger charge is -2.14. The highest BCUT2D eigenvalue weighted by Crippen LogP contribution is 2.22. The van der Waals surface area contributed by atoms with Crippen LogP contribution in [0.2, 0.25) is 0 Å². The zero-order chi connectivity index (χ0) is 13.5. The molecule has 18 heavy (non-hydrogen) atoms. The van der Waals surface area contributed by atoms with Crippen molar-refractivity contribution in [3.05, 3.63) is 23.8 Å². The van der Waals surface area contributed by atoms with Gasteiger partial charge < -0.3 is 20.9 Å². The van der Waals surface area contributed by atoms with E-state index in [1.165, 1.54) is 0 Å². The number of nitrogens with one attached hydrogen (secondary N) is 1. The highest BCUT2D eigenvalue weighted by molar-refractivity contribution is 5.67. The second-order valence-corrected chi connectivity index (χ2v) is 4.12. The van der Waals surface area contributed by atoms with Crippen molar-refractivity contribution in [3.63, 3.8) is 0 Å². The van der Waals surface area contributed by atoms with Crippen molar-refractivity contribution in [2.75, 3.05) is 19.0 Å². The van der Waals surface area contributed by atoms with E-state index in [2.05, 4.69) is 12.2 Å². The van der Waals surface area contributed by atoms with E-state index in [9.17, 15) is 4.79 Å². The van der Waals surface area contributed by atoms with E-state index in [4.69, 9.17) is 15.6 Å². The Balaban J connectivity index is 2.60. The van der Waals surface area contributed by atoms with E-state index in [1.807, 2.05) is 18.2 Å². The van der Waals surface area contributed by atoms with E-state index < -0.39 is 12.0 Å². The van der Waals surface area contributed by atoms with Crippen molar-refractivity contribution < 1.29 is 14.6 Å². The van der Waals surface area contributed by atoms with Crippen molar-refractivity contribution in [1.82, 2.24) is 0 Å². The van der Waals surface area contributed by atoms with Gasteiger partial charge in [-0.05, 0) is 30.2 Å². The first-order chi connectivity index (χ1) is 8.56. The number of methoxy groups -OCH3 is 1. The summed E-state index contributed by atoms with van der Waals surface area (Å²) in [6.45, 7) is 2.49. The predicted octanol–water partition coefficient (Wildman–Crippen LogP) is 1.47. The van der Waals surface area contributed by atoms with Crippen LogP contribution in [0.1, 0.15) is 18.9 Å². The molecule has 1 aromatic rings. The Kier molecular flexibility index (Phi) is 5.45. The van der Waals surface area contributed by atoms with E-state index >= 15 is 0 Å². The van der Waals surface area contributed by atoms with E-state index in [1.54, 1.807) is 7.11 Å². The molecule has 0 heterocycles. The van der Waals surface area contributed by atoms with Gasteiger partial charge in [-0.1, -0.05) is 6.92 Å². The molecule has 5 nitrogen and oxygen atoms in total. The van der Waals surface area contributed by atoms with Gasteiger partial charge in [0.05, 0.1) is 13.5 Å². The van der Waals surface area contributed by atoms with E-state index in [0.29, 0.717) is 6.54 Å². The van der Waals surface area contributed by atoms with Gasteiger partial charge >= 0.3 is 5.97 Å². The first-order valence-electron chi connectivity index (χ1n) is 5.95. The van der Waals surface area contributed by atoms with Gasteiger partial charge in [0.25, 0.3) is 0 Å². The number of hydrogen-bond acceptors (Lipinski definition) is 4. The van der Waals surface area contributed by atoms with Crippen LogP contribution in [0.25, 0.3) is 0 Å². The van der Waals surface area contributed by atoms with Crippen molar-refractivity contribution in [3.8, 4) is 5.75 Å². The van der Waals surface area contributed by atoms with Gasteiger partial charge in [-0.3, -0.25) is 4.79 Å². The number of aryl methyl sites for hydroxylation is 1. The molecule has 1 unspecified atom stereocenters. The second-order valence-electron chi connectivity index (χ2n) is 4.12. The summed E-state index contributed by atoms with van der Waals surface area (Å²) in [6, 6.07) is 5.39. The molecule has 0 saturated carbocycles. The predicted molar refractivity (Wildman–Crippen MR) is 71.1 cm³/mol. The molecule has 0 radical (unpaired) electrons. The molecule has 5 heteroatoms. The summed E-state index contributed by atoms with van der Waals surface area (Å²) in [6.07, 6.45) is 0.837. The molecule has 0 aliphatic rings. The standard InChI is InChI=1S/C13H20N2O3/c1-3-9-6-11(4-5-12(9)18-2)15-8-10(14)7-13(16)17/h4-6,10,15H,3,7-8,14H2,1-2H3,(H,16,17). The topological polar surface area (TPSA) is 84.6 Å². The molecule has 0 aromatic heterocycles. The van der Waals surface area contributed by atoms with Crippen molar-refractivity contribution >= 4 is 11.7 Å². The number of benzene rings is 1. The zero-order valence-electron chi connectivity index (χ0n) is 10.8. The van der Waals surface area contributed by atoms with Crippen LogP contribution in [0.3, 0.4) is 0 Å². The van der Waals surface area contributed by atoms with Crippen molar-refractivity contribution in [2.45, 2.75) is 25.8 Å². The number of anilines is 1. The number of nitrogens with two attached hydrogens (primary N) is 1. The lowest BCUT2D eigenvalue weighted by Crippen LogP contribution is -2.31. The van der Waals surface area contributed by atoms with Crippen LogP contribution in [0.4, 0.5) is 5.69 Å². The van der Waals surface area contributed by atoms with Gasteiger partial charge in [-0.25, -0.2) is 0 Å². The van der Waals surface area contributed by atoms with Crippen LogP contribution in [-0.2, 0) is 11.2 Å². The molecule has 1 rings (SSSR count). The molecule has 0 aliphatic heterocycles. The third-order valence-corrected chi connectivity index (χ3v) is 2.67. The summed E-state index contributed by atoms with van der Waals surface area (Å²) in [7, 11) is 1.64. The fraction of sp³-hybridized carbons (Fsp3) is 0.462. The molecule has 0 spiro atoms. The molecule has 4 N–H and O–H groups in total. The van der Waals surface area contributed by atoms with E-state index in [0.717, 1.165) is 23.4 Å². The first-order valence-corrected chi connectivity index (χ1v) is 5.95. The number of rotatable bonds is 7. The molecule has 1 atom stereocenters. The van der Waals surface area contributed by atoms with E-state index in [-0.39, 0.29) is 6.42 Å². The molecule has 0 bridgehead atoms. The Bertz CT molecular complexity index is 407. The minimum atomic E-state index is -0.881. The van der Waals surface area contributed by atoms with Crippen molar-refractivity contribution in [1.29, 1.82) is 0 Å². The number of aliphatic carboxylic acids is 1. The maximum Gasteiger partial charge on any atom is 0.304 e. The summed E-state index contributed by atoms with van der Waals surface area (Å²) in [5, 5.41) is 11.7. The molecule has 1 aromatic carbocycles. The summed E-state index contributed by atoms with van der Waals surface area (Å²) in [5.74, 6) is -0.0221. The molecule has 0 saturated heterocycles. The first kappa shape index (κ1) is 14.3. The lowest BCUT2D eigenvalue weighted by molar-refractivity contribution is -0.137. The van der Waals surface area contributed by atoms with Crippen molar-refractivity contribution in [2.24, 2.45) is 5.73 Å². The second kappa shape index (κ2) is 6.86. The number of ether oxygens (including phenoxy) is 1. The number of carboxylic acids is 1. The van der Waals surface area contributed by atoms with Gasteiger partial charge in [0.15, 0.2) is 0 Å². The minimum Gasteiger partial charge on any atom is -0.496 e. The largest absolute Gasteiger partial charge is 0.496 e. The molecular formula is C13H20N2O3. The maximum atomic E-state index is 10.5. The third-order valence-electron chi connectivity index (χ3n) is 2.67. The summed E-state index contributed by atoms with van der Waals surface area (Å²) in [5.41, 5.74) is 7.71. The molecular weight excluding hydrogens is 232 g/mol. The highest BCUT2D eigenvalue weighted by Gasteiger charge is 2.08. The Morgan fingerprint density at radius 1 is 1.56 bits per heavy atom. The molecule has 0 amide bonds. The van der Waals surface area contributed by atoms with Gasteiger partial charge in [0, 0.05) is 18.3 Å². The Labute approximate surface area is 107 Å². The number of carboxylic acid groups (broad SMARTS) is 1. The SMILES string of the molecule is CCc1cc(NCC(N)CC(=O)O)ccc1OC. The average molecular weight is 252 g/mol. The summed E-state index contributed by atoms with van der Waals surface area (Å²) < 4.78 is 5.24. The molecule has 0 fully saturated rings. The fourth-order valence-corrected chi connectivity index (χ4v) is 1.71. The van der Waals surface area contributed by atoms with Crippen LogP contribution < -0.4 is 15.8 Å². The monoisotopic (exact) mass is 252 g/mol. The fourth-order valence-electron chi connectivity index (χ4n) is 1.71.